The molecule has 0 aliphatic rings. The number of thiazole rings is 1. The maximum Gasteiger partial charge on any atom is 0.280 e. The van der Waals surface area contributed by atoms with Gasteiger partial charge >= 0.3 is 0 Å². The first-order valence-corrected chi connectivity index (χ1v) is 9.88. The van der Waals surface area contributed by atoms with Crippen LogP contribution in [0.2, 0.25) is 5.02 Å². The fourth-order valence-electron chi connectivity index (χ4n) is 2.58. The second-order valence-corrected chi connectivity index (χ2v) is 7.37. The highest BCUT2D eigenvalue weighted by Crippen LogP contribution is 2.28. The van der Waals surface area contributed by atoms with Crippen molar-refractivity contribution < 1.29 is 4.79 Å². The van der Waals surface area contributed by atoms with Gasteiger partial charge in [0.25, 0.3) is 5.91 Å². The van der Waals surface area contributed by atoms with Crippen molar-refractivity contribution in [2.75, 3.05) is 5.32 Å². The van der Waals surface area contributed by atoms with Crippen LogP contribution >= 0.6 is 22.9 Å². The molecule has 0 fully saturated rings. The fraction of sp³-hybridized carbons (Fsp3) is 0.263. The van der Waals surface area contributed by atoms with Crippen molar-refractivity contribution in [1.82, 2.24) is 20.3 Å². The highest BCUT2D eigenvalue weighted by Gasteiger charge is 2.18. The molecule has 27 heavy (non-hydrogen) atoms. The van der Waals surface area contributed by atoms with E-state index in [4.69, 9.17) is 11.6 Å². The van der Waals surface area contributed by atoms with Gasteiger partial charge in [-0.1, -0.05) is 24.9 Å². The topological polar surface area (TPSA) is 79.8 Å². The summed E-state index contributed by atoms with van der Waals surface area (Å²) < 4.78 is 0. The maximum atomic E-state index is 12.3. The highest BCUT2D eigenvalue weighted by molar-refractivity contribution is 7.11. The van der Waals surface area contributed by atoms with Crippen LogP contribution in [0.15, 0.2) is 42.2 Å². The minimum absolute atomic E-state index is 0.175. The van der Waals surface area contributed by atoms with Gasteiger partial charge in [0.15, 0.2) is 5.01 Å². The van der Waals surface area contributed by atoms with Crippen LogP contribution < -0.4 is 10.6 Å². The molecule has 1 amide bonds. The molecule has 0 aliphatic carbocycles. The van der Waals surface area contributed by atoms with Crippen LogP contribution in [0.3, 0.4) is 0 Å². The van der Waals surface area contributed by atoms with Crippen LogP contribution in [0.25, 0.3) is 0 Å². The summed E-state index contributed by atoms with van der Waals surface area (Å²) in [6.45, 7) is 4.00. The van der Waals surface area contributed by atoms with E-state index in [-0.39, 0.29) is 11.9 Å². The Kier molecular flexibility index (Phi) is 6.36. The Morgan fingerprint density at radius 2 is 2.11 bits per heavy atom. The molecule has 3 aromatic heterocycles. The van der Waals surface area contributed by atoms with Gasteiger partial charge in [0, 0.05) is 23.5 Å². The Labute approximate surface area is 167 Å². The van der Waals surface area contributed by atoms with E-state index < -0.39 is 0 Å². The molecule has 6 nitrogen and oxygen atoms in total. The lowest BCUT2D eigenvalue weighted by molar-refractivity contribution is 0.0934. The predicted octanol–water partition coefficient (Wildman–Crippen LogP) is 4.91. The van der Waals surface area contributed by atoms with Gasteiger partial charge < -0.3 is 10.6 Å². The van der Waals surface area contributed by atoms with E-state index in [9.17, 15) is 4.79 Å². The van der Waals surface area contributed by atoms with Gasteiger partial charge in [-0.15, -0.1) is 11.3 Å². The second-order valence-electron chi connectivity index (χ2n) is 6.06. The number of carbonyl (C=O) groups is 1. The van der Waals surface area contributed by atoms with Crippen LogP contribution in [0.4, 0.5) is 11.5 Å². The highest BCUT2D eigenvalue weighted by atomic mass is 35.5. The summed E-state index contributed by atoms with van der Waals surface area (Å²) >= 11 is 7.74. The molecular formula is C19H20ClN5OS. The first kappa shape index (κ1) is 19.3. The molecule has 140 valence electrons. The summed E-state index contributed by atoms with van der Waals surface area (Å²) in [5.41, 5.74) is 2.61. The van der Waals surface area contributed by atoms with Crippen LogP contribution in [-0.2, 0) is 0 Å². The lowest BCUT2D eigenvalue weighted by atomic mass is 10.0. The largest absolute Gasteiger partial charge is 0.343 e. The SMILES string of the molecule is CCC[C@H](NC(=O)c1nccs1)c1cnc(Nc2ccc(C)nc2)c(Cl)c1. The van der Waals surface area contributed by atoms with Gasteiger partial charge in [-0.05, 0) is 37.1 Å². The molecule has 0 aliphatic heterocycles. The zero-order valence-corrected chi connectivity index (χ0v) is 16.6. The number of anilines is 2. The van der Waals surface area contributed by atoms with Crippen molar-refractivity contribution in [3.05, 3.63) is 63.5 Å². The van der Waals surface area contributed by atoms with E-state index >= 15 is 0 Å². The molecule has 1 atom stereocenters. The molecule has 8 heteroatoms. The molecule has 2 N–H and O–H groups in total. The summed E-state index contributed by atoms with van der Waals surface area (Å²) in [5.74, 6) is 0.361. The zero-order valence-electron chi connectivity index (χ0n) is 15.1. The van der Waals surface area contributed by atoms with Crippen molar-refractivity contribution in [3.63, 3.8) is 0 Å². The Hall–Kier alpha value is -2.51. The number of aromatic nitrogens is 3. The third kappa shape index (κ3) is 5.02. The van der Waals surface area contributed by atoms with E-state index in [0.717, 1.165) is 29.8 Å². The molecule has 3 heterocycles. The van der Waals surface area contributed by atoms with Gasteiger partial charge in [-0.3, -0.25) is 9.78 Å². The molecule has 0 saturated carbocycles. The van der Waals surface area contributed by atoms with Gasteiger partial charge in [-0.25, -0.2) is 9.97 Å². The van der Waals surface area contributed by atoms with Crippen LogP contribution in [0.1, 0.15) is 46.9 Å². The summed E-state index contributed by atoms with van der Waals surface area (Å²) in [7, 11) is 0. The smallest absolute Gasteiger partial charge is 0.280 e. The maximum absolute atomic E-state index is 12.3. The Balaban J connectivity index is 1.76. The van der Waals surface area contributed by atoms with Crippen molar-refractivity contribution in [1.29, 1.82) is 0 Å². The number of carbonyl (C=O) groups excluding carboxylic acids is 1. The fourth-order valence-corrected chi connectivity index (χ4v) is 3.34. The lowest BCUT2D eigenvalue weighted by Gasteiger charge is -2.19. The minimum atomic E-state index is -0.187. The summed E-state index contributed by atoms with van der Waals surface area (Å²) in [4.78, 5) is 25.1. The summed E-state index contributed by atoms with van der Waals surface area (Å²) in [6.07, 6.45) is 6.78. The number of hydrogen-bond donors (Lipinski definition) is 2. The van der Waals surface area contributed by atoms with Crippen molar-refractivity contribution in [2.24, 2.45) is 0 Å². The monoisotopic (exact) mass is 401 g/mol. The summed E-state index contributed by atoms with van der Waals surface area (Å²) in [6, 6.07) is 5.49. The van der Waals surface area contributed by atoms with Gasteiger partial charge in [0.05, 0.1) is 22.9 Å². The molecule has 3 aromatic rings. The Bertz CT molecular complexity index is 899. The van der Waals surface area contributed by atoms with E-state index in [1.54, 1.807) is 24.0 Å². The van der Waals surface area contributed by atoms with Gasteiger partial charge in [-0.2, -0.15) is 0 Å². The van der Waals surface area contributed by atoms with E-state index in [1.807, 2.05) is 25.1 Å². The van der Waals surface area contributed by atoms with Gasteiger partial charge in [0.2, 0.25) is 0 Å². The third-order valence-corrected chi connectivity index (χ3v) is 5.01. The molecule has 0 aromatic carbocycles. The number of aryl methyl sites for hydroxylation is 1. The number of nitrogens with zero attached hydrogens (tertiary/aromatic N) is 3. The number of halogens is 1. The minimum Gasteiger partial charge on any atom is -0.343 e. The van der Waals surface area contributed by atoms with E-state index in [1.165, 1.54) is 11.3 Å². The predicted molar refractivity (Wildman–Crippen MR) is 109 cm³/mol. The summed E-state index contributed by atoms with van der Waals surface area (Å²) in [5, 5.41) is 8.89. The first-order valence-electron chi connectivity index (χ1n) is 8.62. The molecular weight excluding hydrogens is 382 g/mol. The molecule has 0 spiro atoms. The number of pyridine rings is 2. The Morgan fingerprint density at radius 1 is 1.26 bits per heavy atom. The van der Waals surface area contributed by atoms with Gasteiger partial charge in [0.1, 0.15) is 5.82 Å². The van der Waals surface area contributed by atoms with E-state index in [2.05, 4.69) is 32.5 Å². The third-order valence-electron chi connectivity index (χ3n) is 3.95. The average Bonchev–Trinajstić information content (AvgIpc) is 3.20. The number of nitrogens with one attached hydrogen (secondary N) is 2. The molecule has 0 unspecified atom stereocenters. The van der Waals surface area contributed by atoms with Crippen LogP contribution in [0, 0.1) is 6.92 Å². The van der Waals surface area contributed by atoms with Crippen molar-refractivity contribution in [3.8, 4) is 0 Å². The molecule has 3 rings (SSSR count). The standard InChI is InChI=1S/C19H20ClN5OS/c1-3-4-16(25-18(26)19-21-7-8-27-19)13-9-15(20)17(23-10-13)24-14-6-5-12(2)22-11-14/h5-11,16H,3-4H2,1-2H3,(H,23,24)(H,25,26)/t16-/m0/s1. The molecule has 0 radical (unpaired) electrons. The quantitative estimate of drug-likeness (QED) is 0.588. The normalized spacial score (nSPS) is 11.8. The molecule has 0 saturated heterocycles. The van der Waals surface area contributed by atoms with Crippen molar-refractivity contribution >= 4 is 40.4 Å². The Morgan fingerprint density at radius 3 is 2.74 bits per heavy atom. The van der Waals surface area contributed by atoms with Crippen molar-refractivity contribution in [2.45, 2.75) is 32.7 Å². The van der Waals surface area contributed by atoms with Crippen LogP contribution in [-0.4, -0.2) is 20.9 Å². The number of rotatable bonds is 7. The second kappa shape index (κ2) is 8.92. The van der Waals surface area contributed by atoms with Crippen LogP contribution in [0.5, 0.6) is 0 Å². The number of amides is 1. The zero-order chi connectivity index (χ0) is 19.2. The molecule has 0 bridgehead atoms. The average molecular weight is 402 g/mol. The van der Waals surface area contributed by atoms with E-state index in [0.29, 0.717) is 15.8 Å². The lowest BCUT2D eigenvalue weighted by Crippen LogP contribution is -2.28. The number of hydrogen-bond acceptors (Lipinski definition) is 6. The first-order chi connectivity index (χ1) is 13.1.